The number of benzene rings is 2. The Hall–Kier alpha value is -2.77. The van der Waals surface area contributed by atoms with Crippen LogP contribution >= 0.6 is 22.9 Å². The number of carbonyl (C=O) groups excluding carboxylic acids is 2. The molecule has 28 heavy (non-hydrogen) atoms. The zero-order chi connectivity index (χ0) is 20.3. The molecule has 0 aliphatic rings. The maximum absolute atomic E-state index is 14.1. The van der Waals surface area contributed by atoms with Crippen molar-refractivity contribution in [3.63, 3.8) is 0 Å². The van der Waals surface area contributed by atoms with E-state index in [4.69, 9.17) is 11.6 Å². The normalized spacial score (nSPS) is 10.6. The van der Waals surface area contributed by atoms with E-state index in [2.05, 4.69) is 15.6 Å². The Morgan fingerprint density at radius 2 is 1.89 bits per heavy atom. The number of amides is 2. The van der Waals surface area contributed by atoms with Gasteiger partial charge in [-0.2, -0.15) is 0 Å². The fraction of sp³-hybridized carbons (Fsp3) is 0.150. The molecule has 0 aliphatic heterocycles. The molecule has 2 amide bonds. The topological polar surface area (TPSA) is 71.1 Å². The number of aryl methyl sites for hydroxylation is 2. The maximum atomic E-state index is 14.1. The summed E-state index contributed by atoms with van der Waals surface area (Å²) < 4.78 is 14.1. The van der Waals surface area contributed by atoms with Gasteiger partial charge in [0.1, 0.15) is 10.8 Å². The molecule has 2 N–H and O–H groups in total. The molecule has 8 heteroatoms. The highest BCUT2D eigenvalue weighted by atomic mass is 35.5. The molecular formula is C20H17ClFN3O2S. The molecule has 1 aromatic heterocycles. The van der Waals surface area contributed by atoms with Gasteiger partial charge >= 0.3 is 0 Å². The summed E-state index contributed by atoms with van der Waals surface area (Å²) in [6, 6.07) is 7.62. The lowest BCUT2D eigenvalue weighted by atomic mass is 10.1. The van der Waals surface area contributed by atoms with Crippen LogP contribution in [0.3, 0.4) is 0 Å². The highest BCUT2D eigenvalue weighted by Gasteiger charge is 2.19. The standard InChI is InChI=1S/C20H17ClFN3O2S/c1-11-3-5-13(19(26)24-10-16-23-7-8-28-16)9-15(11)25-20(27)17-14(22)6-4-12(2)18(17)21/h3-9H,10H2,1-2H3,(H,24,26)(H,25,27). The zero-order valence-electron chi connectivity index (χ0n) is 15.2. The summed E-state index contributed by atoms with van der Waals surface area (Å²) >= 11 is 7.55. The number of anilines is 1. The molecule has 0 aliphatic carbocycles. The average Bonchev–Trinajstić information content (AvgIpc) is 3.18. The second-order valence-electron chi connectivity index (χ2n) is 6.15. The Kier molecular flexibility index (Phi) is 6.06. The summed E-state index contributed by atoms with van der Waals surface area (Å²) in [5, 5.41) is 8.10. The molecule has 2 aromatic carbocycles. The Balaban J connectivity index is 1.79. The van der Waals surface area contributed by atoms with Crippen molar-refractivity contribution in [2.75, 3.05) is 5.32 Å². The average molecular weight is 418 g/mol. The highest BCUT2D eigenvalue weighted by molar-refractivity contribution is 7.09. The molecule has 1 heterocycles. The van der Waals surface area contributed by atoms with E-state index in [1.165, 1.54) is 23.5 Å². The largest absolute Gasteiger partial charge is 0.346 e. The van der Waals surface area contributed by atoms with Crippen LogP contribution in [0.1, 0.15) is 36.9 Å². The Morgan fingerprint density at radius 1 is 1.14 bits per heavy atom. The van der Waals surface area contributed by atoms with Crippen LogP contribution < -0.4 is 10.6 Å². The van der Waals surface area contributed by atoms with Gasteiger partial charge in [0, 0.05) is 22.8 Å². The molecular weight excluding hydrogens is 401 g/mol. The lowest BCUT2D eigenvalue weighted by Crippen LogP contribution is -2.23. The molecule has 0 radical (unpaired) electrons. The Morgan fingerprint density at radius 3 is 2.61 bits per heavy atom. The van der Waals surface area contributed by atoms with E-state index in [9.17, 15) is 14.0 Å². The summed E-state index contributed by atoms with van der Waals surface area (Å²) in [4.78, 5) is 29.1. The number of aromatic nitrogens is 1. The van der Waals surface area contributed by atoms with E-state index in [0.717, 1.165) is 10.6 Å². The lowest BCUT2D eigenvalue weighted by Gasteiger charge is -2.13. The molecule has 0 saturated heterocycles. The predicted molar refractivity (Wildman–Crippen MR) is 109 cm³/mol. The van der Waals surface area contributed by atoms with Crippen molar-refractivity contribution in [3.8, 4) is 0 Å². The van der Waals surface area contributed by atoms with Gasteiger partial charge in [-0.25, -0.2) is 9.37 Å². The molecule has 0 atom stereocenters. The van der Waals surface area contributed by atoms with Crippen molar-refractivity contribution < 1.29 is 14.0 Å². The van der Waals surface area contributed by atoms with Crippen LogP contribution in [0.2, 0.25) is 5.02 Å². The van der Waals surface area contributed by atoms with E-state index in [1.54, 1.807) is 38.2 Å². The van der Waals surface area contributed by atoms with Crippen LogP contribution in [-0.2, 0) is 6.54 Å². The molecule has 0 bridgehead atoms. The third kappa shape index (κ3) is 4.37. The first-order valence-corrected chi connectivity index (χ1v) is 9.65. The highest BCUT2D eigenvalue weighted by Crippen LogP contribution is 2.25. The zero-order valence-corrected chi connectivity index (χ0v) is 16.7. The smallest absolute Gasteiger partial charge is 0.260 e. The summed E-state index contributed by atoms with van der Waals surface area (Å²) in [6.45, 7) is 3.79. The minimum atomic E-state index is -0.705. The van der Waals surface area contributed by atoms with Crippen molar-refractivity contribution >= 4 is 40.4 Å². The minimum Gasteiger partial charge on any atom is -0.346 e. The first-order valence-electron chi connectivity index (χ1n) is 8.40. The molecule has 0 saturated carbocycles. The molecule has 0 fully saturated rings. The van der Waals surface area contributed by atoms with Gasteiger partial charge in [-0.1, -0.05) is 23.7 Å². The van der Waals surface area contributed by atoms with E-state index in [-0.39, 0.29) is 16.5 Å². The van der Waals surface area contributed by atoms with E-state index in [1.807, 2.05) is 5.38 Å². The molecule has 3 rings (SSSR count). The number of carbonyl (C=O) groups is 2. The number of hydrogen-bond acceptors (Lipinski definition) is 4. The fourth-order valence-electron chi connectivity index (χ4n) is 2.55. The fourth-order valence-corrected chi connectivity index (χ4v) is 3.34. The Bertz CT molecular complexity index is 1040. The number of hydrogen-bond donors (Lipinski definition) is 2. The quantitative estimate of drug-likeness (QED) is 0.630. The van der Waals surface area contributed by atoms with E-state index in [0.29, 0.717) is 23.4 Å². The lowest BCUT2D eigenvalue weighted by molar-refractivity contribution is 0.0949. The van der Waals surface area contributed by atoms with Gasteiger partial charge < -0.3 is 10.6 Å². The molecule has 144 valence electrons. The minimum absolute atomic E-state index is 0.0625. The van der Waals surface area contributed by atoms with Gasteiger partial charge in [0.25, 0.3) is 11.8 Å². The van der Waals surface area contributed by atoms with Crippen molar-refractivity contribution in [2.45, 2.75) is 20.4 Å². The van der Waals surface area contributed by atoms with Crippen LogP contribution in [0.4, 0.5) is 10.1 Å². The number of halogens is 2. The van der Waals surface area contributed by atoms with Crippen LogP contribution in [0.25, 0.3) is 0 Å². The van der Waals surface area contributed by atoms with Crippen molar-refractivity contribution in [1.29, 1.82) is 0 Å². The number of nitrogens with one attached hydrogen (secondary N) is 2. The second-order valence-corrected chi connectivity index (χ2v) is 7.50. The molecule has 3 aromatic rings. The maximum Gasteiger partial charge on any atom is 0.260 e. The third-order valence-electron chi connectivity index (χ3n) is 4.14. The van der Waals surface area contributed by atoms with Crippen LogP contribution in [0.15, 0.2) is 41.9 Å². The number of nitrogens with zero attached hydrogens (tertiary/aromatic N) is 1. The summed E-state index contributed by atoms with van der Waals surface area (Å²) in [5.41, 5.74) is 1.88. The van der Waals surface area contributed by atoms with Crippen molar-refractivity contribution in [2.24, 2.45) is 0 Å². The summed E-state index contributed by atoms with van der Waals surface area (Å²) in [7, 11) is 0. The second kappa shape index (κ2) is 8.50. The van der Waals surface area contributed by atoms with Gasteiger partial charge in [-0.05, 0) is 43.2 Å². The van der Waals surface area contributed by atoms with E-state index < -0.39 is 11.7 Å². The third-order valence-corrected chi connectivity index (χ3v) is 5.41. The van der Waals surface area contributed by atoms with Gasteiger partial charge in [-0.15, -0.1) is 11.3 Å². The van der Waals surface area contributed by atoms with Crippen LogP contribution in [0, 0.1) is 19.7 Å². The first-order chi connectivity index (χ1) is 13.4. The Labute approximate surface area is 170 Å². The van der Waals surface area contributed by atoms with Gasteiger partial charge in [0.05, 0.1) is 17.1 Å². The van der Waals surface area contributed by atoms with Crippen molar-refractivity contribution in [3.05, 3.63) is 80.0 Å². The SMILES string of the molecule is Cc1ccc(C(=O)NCc2nccs2)cc1NC(=O)c1c(F)ccc(C)c1Cl. The van der Waals surface area contributed by atoms with Crippen molar-refractivity contribution in [1.82, 2.24) is 10.3 Å². The monoisotopic (exact) mass is 417 g/mol. The first kappa shape index (κ1) is 20.0. The van der Waals surface area contributed by atoms with Gasteiger partial charge in [0.2, 0.25) is 0 Å². The van der Waals surface area contributed by atoms with Crippen LogP contribution in [-0.4, -0.2) is 16.8 Å². The van der Waals surface area contributed by atoms with Gasteiger partial charge in [-0.3, -0.25) is 9.59 Å². The number of thiazole rings is 1. The predicted octanol–water partition coefficient (Wildman–Crippen LogP) is 4.73. The molecule has 0 spiro atoms. The molecule has 0 unspecified atom stereocenters. The summed E-state index contributed by atoms with van der Waals surface area (Å²) in [5.74, 6) is -1.68. The van der Waals surface area contributed by atoms with Gasteiger partial charge in [0.15, 0.2) is 0 Å². The number of rotatable bonds is 5. The molecule has 5 nitrogen and oxygen atoms in total. The summed E-state index contributed by atoms with van der Waals surface area (Å²) in [6.07, 6.45) is 1.67. The van der Waals surface area contributed by atoms with E-state index >= 15 is 0 Å². The van der Waals surface area contributed by atoms with Crippen LogP contribution in [0.5, 0.6) is 0 Å².